The number of halogens is 1. The molecule has 1 aliphatic rings. The molecule has 0 radical (unpaired) electrons. The molecule has 0 atom stereocenters. The van der Waals surface area contributed by atoms with E-state index in [1.807, 2.05) is 6.07 Å². The summed E-state index contributed by atoms with van der Waals surface area (Å²) in [4.78, 5) is 11.2. The predicted octanol–water partition coefficient (Wildman–Crippen LogP) is -0.795. The minimum Gasteiger partial charge on any atom is -1.00 e. The van der Waals surface area contributed by atoms with Gasteiger partial charge in [-0.05, 0) is 6.08 Å². The first-order valence-corrected chi connectivity index (χ1v) is 3.73. The van der Waals surface area contributed by atoms with E-state index >= 15 is 0 Å². The first kappa shape index (κ1) is 13.3. The Balaban J connectivity index is 0. The van der Waals surface area contributed by atoms with Crippen LogP contribution >= 0.6 is 11.6 Å². The zero-order chi connectivity index (χ0) is 9.14. The second kappa shape index (κ2) is 5.92. The number of carbonyl (C=O) groups is 1. The van der Waals surface area contributed by atoms with Crippen LogP contribution in [-0.4, -0.2) is 5.78 Å². The number of hydrogen-bond acceptors (Lipinski definition) is 2. The van der Waals surface area contributed by atoms with Gasteiger partial charge in [-0.1, -0.05) is 24.3 Å². The summed E-state index contributed by atoms with van der Waals surface area (Å²) in [7, 11) is 0. The average Bonchev–Trinajstić information content (AvgIpc) is 2.08. The van der Waals surface area contributed by atoms with Crippen molar-refractivity contribution in [3.63, 3.8) is 0 Å². The molecule has 0 amide bonds. The minimum atomic E-state index is -0.106. The van der Waals surface area contributed by atoms with Crippen LogP contribution < -0.4 is 51.4 Å². The van der Waals surface area contributed by atoms with E-state index in [4.69, 9.17) is 16.9 Å². The molecule has 0 heterocycles. The Hall–Kier alpha value is 0.306. The second-order valence-corrected chi connectivity index (χ2v) is 2.80. The van der Waals surface area contributed by atoms with Crippen molar-refractivity contribution in [2.24, 2.45) is 0 Å². The Bertz CT molecular complexity index is 354. The quantitative estimate of drug-likeness (QED) is 0.428. The molecule has 0 N–H and O–H groups in total. The van der Waals surface area contributed by atoms with Crippen molar-refractivity contribution < 1.29 is 57.6 Å². The van der Waals surface area contributed by atoms with Gasteiger partial charge in [-0.2, -0.15) is 5.26 Å². The van der Waals surface area contributed by atoms with Crippen molar-refractivity contribution in [3.05, 3.63) is 34.9 Å². The minimum absolute atomic E-state index is 0. The molecular weight excluding hydrogens is 213 g/mol. The van der Waals surface area contributed by atoms with E-state index in [1.165, 1.54) is 6.08 Å². The third-order valence-corrected chi connectivity index (χ3v) is 1.79. The van der Waals surface area contributed by atoms with Crippen molar-refractivity contribution in [1.82, 2.24) is 0 Å². The van der Waals surface area contributed by atoms with Gasteiger partial charge in [0.25, 0.3) is 0 Å². The van der Waals surface area contributed by atoms with Crippen molar-refractivity contribution >= 4 is 17.4 Å². The molecule has 0 spiro atoms. The standard InChI is InChI=1S/C9H6ClNO.K.H/c1-6(5-11)8-4-7(10)2-3-9(8)12;;/h2,4H,1,3H2;;/q;+1;-1. The predicted molar refractivity (Wildman–Crippen MR) is 47.5 cm³/mol. The molecule has 0 aliphatic heterocycles. The summed E-state index contributed by atoms with van der Waals surface area (Å²) in [5.74, 6) is -0.106. The van der Waals surface area contributed by atoms with Crippen LogP contribution in [0.4, 0.5) is 0 Å². The summed E-state index contributed by atoms with van der Waals surface area (Å²) in [5.41, 5.74) is 0.497. The number of nitrogens with zero attached hydrogens (tertiary/aromatic N) is 1. The molecule has 0 fully saturated rings. The number of nitriles is 1. The molecule has 1 aliphatic carbocycles. The topological polar surface area (TPSA) is 40.9 Å². The smallest absolute Gasteiger partial charge is 1.00 e. The normalized spacial score (nSPS) is 14.9. The Morgan fingerprint density at radius 1 is 1.77 bits per heavy atom. The molecule has 0 saturated heterocycles. The van der Waals surface area contributed by atoms with Gasteiger partial charge >= 0.3 is 51.4 Å². The van der Waals surface area contributed by atoms with Gasteiger partial charge in [-0.3, -0.25) is 4.79 Å². The van der Waals surface area contributed by atoms with E-state index in [1.54, 1.807) is 6.08 Å². The molecule has 13 heavy (non-hydrogen) atoms. The van der Waals surface area contributed by atoms with Gasteiger partial charge < -0.3 is 1.43 Å². The largest absolute Gasteiger partial charge is 1.00 e. The van der Waals surface area contributed by atoms with Crippen LogP contribution in [0.3, 0.4) is 0 Å². The van der Waals surface area contributed by atoms with E-state index in [0.717, 1.165) is 0 Å². The number of ketones is 1. The number of allylic oxidation sites excluding steroid dienone is 5. The van der Waals surface area contributed by atoms with Gasteiger partial charge in [0.05, 0.1) is 11.6 Å². The van der Waals surface area contributed by atoms with Crippen LogP contribution in [0, 0.1) is 11.3 Å². The van der Waals surface area contributed by atoms with E-state index in [-0.39, 0.29) is 70.6 Å². The maximum atomic E-state index is 11.2. The number of Topliss-reactive ketones (excluding diaryl/α,β-unsaturated/α-hetero) is 1. The second-order valence-electron chi connectivity index (χ2n) is 2.36. The molecule has 0 bridgehead atoms. The molecular formula is C9H7ClKNO. The summed E-state index contributed by atoms with van der Waals surface area (Å²) >= 11 is 5.66. The average molecular weight is 220 g/mol. The molecule has 0 unspecified atom stereocenters. The van der Waals surface area contributed by atoms with Gasteiger partial charge in [0.15, 0.2) is 5.78 Å². The Labute approximate surface area is 126 Å². The van der Waals surface area contributed by atoms with Crippen molar-refractivity contribution in [2.75, 3.05) is 0 Å². The SMILES string of the molecule is C=C(C#N)C1=CC(Cl)=CCC1=O.[H-].[K+]. The van der Waals surface area contributed by atoms with Crippen molar-refractivity contribution in [3.8, 4) is 6.07 Å². The van der Waals surface area contributed by atoms with Crippen LogP contribution in [0.25, 0.3) is 0 Å². The third-order valence-electron chi connectivity index (χ3n) is 1.53. The van der Waals surface area contributed by atoms with Gasteiger partial charge in [0, 0.05) is 17.0 Å². The van der Waals surface area contributed by atoms with Crippen LogP contribution in [0.5, 0.6) is 0 Å². The number of hydrogen-bond donors (Lipinski definition) is 0. The van der Waals surface area contributed by atoms with Gasteiger partial charge in [-0.25, -0.2) is 0 Å². The molecule has 0 aromatic rings. The van der Waals surface area contributed by atoms with Crippen LogP contribution in [0.2, 0.25) is 0 Å². The molecule has 0 aromatic carbocycles. The van der Waals surface area contributed by atoms with Crippen molar-refractivity contribution in [1.29, 1.82) is 5.26 Å². The van der Waals surface area contributed by atoms with Crippen LogP contribution in [0.15, 0.2) is 34.9 Å². The Kier molecular flexibility index (Phi) is 6.06. The van der Waals surface area contributed by atoms with Crippen molar-refractivity contribution in [2.45, 2.75) is 6.42 Å². The van der Waals surface area contributed by atoms with Gasteiger partial charge in [-0.15, -0.1) is 0 Å². The Morgan fingerprint density at radius 2 is 2.38 bits per heavy atom. The first-order valence-electron chi connectivity index (χ1n) is 3.35. The summed E-state index contributed by atoms with van der Waals surface area (Å²) in [6.07, 6.45) is 3.34. The maximum Gasteiger partial charge on any atom is 1.00 e. The fourth-order valence-corrected chi connectivity index (χ4v) is 1.08. The van der Waals surface area contributed by atoms with Gasteiger partial charge in [0.2, 0.25) is 0 Å². The Morgan fingerprint density at radius 3 is 2.92 bits per heavy atom. The van der Waals surface area contributed by atoms with E-state index in [9.17, 15) is 4.79 Å². The molecule has 4 heteroatoms. The molecule has 1 rings (SSSR count). The zero-order valence-electron chi connectivity index (χ0n) is 8.30. The van der Waals surface area contributed by atoms with Crippen LogP contribution in [0.1, 0.15) is 7.85 Å². The zero-order valence-corrected chi connectivity index (χ0v) is 11.2. The summed E-state index contributed by atoms with van der Waals surface area (Å²) in [6, 6.07) is 1.82. The molecule has 0 aromatic heterocycles. The third kappa shape index (κ3) is 3.51. The van der Waals surface area contributed by atoms with Gasteiger partial charge in [0.1, 0.15) is 0 Å². The molecule has 2 nitrogen and oxygen atoms in total. The first-order chi connectivity index (χ1) is 5.65. The van der Waals surface area contributed by atoms with E-state index in [2.05, 4.69) is 6.58 Å². The monoisotopic (exact) mass is 219 g/mol. The van der Waals surface area contributed by atoms with Crippen LogP contribution in [-0.2, 0) is 4.79 Å². The maximum absolute atomic E-state index is 11.2. The number of carbonyl (C=O) groups excluding carboxylic acids is 1. The van der Waals surface area contributed by atoms with E-state index < -0.39 is 0 Å². The fraction of sp³-hybridized carbons (Fsp3) is 0.111. The molecule has 0 saturated carbocycles. The fourth-order valence-electron chi connectivity index (χ4n) is 0.893. The summed E-state index contributed by atoms with van der Waals surface area (Å²) in [5, 5.41) is 8.97. The number of rotatable bonds is 1. The molecule has 62 valence electrons. The summed E-state index contributed by atoms with van der Waals surface area (Å²) < 4.78 is 0. The van der Waals surface area contributed by atoms with E-state index in [0.29, 0.717) is 10.6 Å². The summed E-state index contributed by atoms with van der Waals surface area (Å²) in [6.45, 7) is 3.45.